The third kappa shape index (κ3) is 5.09. The quantitative estimate of drug-likeness (QED) is 0.527. The smallest absolute Gasteiger partial charge is 0.410 e. The summed E-state index contributed by atoms with van der Waals surface area (Å²) in [6.45, 7) is 5.52. The minimum atomic E-state index is -0.453. The second-order valence-corrected chi connectivity index (χ2v) is 4.84. The number of likely N-dealkylation sites (tertiary alicyclic amines) is 1. The normalized spacial score (nSPS) is 18.4. The fourth-order valence-corrected chi connectivity index (χ4v) is 2.03. The molecule has 1 unspecified atom stereocenters. The van der Waals surface area contributed by atoms with Crippen molar-refractivity contribution in [3.05, 3.63) is 0 Å². The molecule has 1 saturated heterocycles. The van der Waals surface area contributed by atoms with Gasteiger partial charge in [-0.15, -0.1) is 0 Å². The second-order valence-electron chi connectivity index (χ2n) is 4.84. The summed E-state index contributed by atoms with van der Waals surface area (Å²) in [6, 6.07) is -0.453. The van der Waals surface area contributed by atoms with Crippen molar-refractivity contribution < 1.29 is 19.1 Å². The molecule has 0 aliphatic carbocycles. The van der Waals surface area contributed by atoms with Gasteiger partial charge in [-0.1, -0.05) is 26.7 Å². The first-order chi connectivity index (χ1) is 9.20. The van der Waals surface area contributed by atoms with Crippen molar-refractivity contribution in [1.29, 1.82) is 0 Å². The minimum absolute atomic E-state index is 0.293. The fraction of sp³-hybridized carbons (Fsp3) is 0.857. The molecule has 0 aromatic heterocycles. The van der Waals surface area contributed by atoms with Crippen molar-refractivity contribution in [2.75, 3.05) is 19.8 Å². The standard InChI is InChI=1S/C14H25NO4/c1-3-5-10-18-13(16)12-8-7-9-15(12)14(17)19-11-6-4-2/h12H,3-11H2,1-2H3. The Kier molecular flexibility index (Phi) is 7.30. The Hall–Kier alpha value is -1.26. The van der Waals surface area contributed by atoms with Crippen LogP contribution in [0.15, 0.2) is 0 Å². The van der Waals surface area contributed by atoms with E-state index >= 15 is 0 Å². The lowest BCUT2D eigenvalue weighted by atomic mass is 10.2. The van der Waals surface area contributed by atoms with Crippen LogP contribution < -0.4 is 0 Å². The number of rotatable bonds is 7. The fourth-order valence-electron chi connectivity index (χ4n) is 2.03. The van der Waals surface area contributed by atoms with Crippen molar-refractivity contribution in [3.8, 4) is 0 Å². The van der Waals surface area contributed by atoms with Gasteiger partial charge in [0.2, 0.25) is 0 Å². The molecule has 5 nitrogen and oxygen atoms in total. The van der Waals surface area contributed by atoms with Crippen LogP contribution in [0.3, 0.4) is 0 Å². The first kappa shape index (κ1) is 15.8. The highest BCUT2D eigenvalue weighted by molar-refractivity contribution is 5.82. The Morgan fingerprint density at radius 3 is 2.37 bits per heavy atom. The molecule has 1 aliphatic heterocycles. The predicted molar refractivity (Wildman–Crippen MR) is 71.9 cm³/mol. The first-order valence-electron chi connectivity index (χ1n) is 7.30. The summed E-state index contributed by atoms with van der Waals surface area (Å²) < 4.78 is 10.3. The highest BCUT2D eigenvalue weighted by Crippen LogP contribution is 2.19. The lowest BCUT2D eigenvalue weighted by Gasteiger charge is -2.22. The topological polar surface area (TPSA) is 55.8 Å². The van der Waals surface area contributed by atoms with Gasteiger partial charge in [0, 0.05) is 6.54 Å². The largest absolute Gasteiger partial charge is 0.464 e. The molecule has 1 aliphatic rings. The van der Waals surface area contributed by atoms with E-state index in [0.717, 1.165) is 32.1 Å². The van der Waals surface area contributed by atoms with Crippen LogP contribution in [-0.4, -0.2) is 42.8 Å². The number of hydrogen-bond donors (Lipinski definition) is 0. The van der Waals surface area contributed by atoms with E-state index < -0.39 is 6.04 Å². The van der Waals surface area contributed by atoms with E-state index in [1.807, 2.05) is 13.8 Å². The highest BCUT2D eigenvalue weighted by atomic mass is 16.6. The van der Waals surface area contributed by atoms with Gasteiger partial charge in [0.05, 0.1) is 13.2 Å². The van der Waals surface area contributed by atoms with Gasteiger partial charge in [-0.25, -0.2) is 9.59 Å². The van der Waals surface area contributed by atoms with E-state index in [-0.39, 0.29) is 12.1 Å². The zero-order valence-electron chi connectivity index (χ0n) is 12.0. The minimum Gasteiger partial charge on any atom is -0.464 e. The van der Waals surface area contributed by atoms with Crippen LogP contribution >= 0.6 is 0 Å². The maximum atomic E-state index is 11.9. The lowest BCUT2D eigenvalue weighted by molar-refractivity contribution is -0.148. The van der Waals surface area contributed by atoms with Gasteiger partial charge in [0.25, 0.3) is 0 Å². The molecule has 0 radical (unpaired) electrons. The molecule has 5 heteroatoms. The van der Waals surface area contributed by atoms with Crippen LogP contribution in [0.1, 0.15) is 52.4 Å². The van der Waals surface area contributed by atoms with Gasteiger partial charge in [-0.2, -0.15) is 0 Å². The van der Waals surface area contributed by atoms with Crippen LogP contribution in [0.4, 0.5) is 4.79 Å². The Morgan fingerprint density at radius 2 is 1.74 bits per heavy atom. The summed E-state index contributed by atoms with van der Waals surface area (Å²) in [6.07, 6.45) is 4.80. The molecule has 0 aromatic carbocycles. The van der Waals surface area contributed by atoms with Crippen LogP contribution in [0.25, 0.3) is 0 Å². The molecule has 0 spiro atoms. The molecule has 0 aromatic rings. The van der Waals surface area contributed by atoms with Gasteiger partial charge in [-0.05, 0) is 25.7 Å². The molecule has 1 fully saturated rings. The summed E-state index contributed by atoms with van der Waals surface area (Å²) in [5.41, 5.74) is 0. The molecule has 0 saturated carbocycles. The van der Waals surface area contributed by atoms with E-state index in [0.29, 0.717) is 26.2 Å². The number of carbonyl (C=O) groups is 2. The summed E-state index contributed by atoms with van der Waals surface area (Å²) in [7, 11) is 0. The summed E-state index contributed by atoms with van der Waals surface area (Å²) in [5.74, 6) is -0.293. The van der Waals surface area contributed by atoms with E-state index in [4.69, 9.17) is 9.47 Å². The lowest BCUT2D eigenvalue weighted by Crippen LogP contribution is -2.41. The number of nitrogens with zero attached hydrogens (tertiary/aromatic N) is 1. The van der Waals surface area contributed by atoms with Crippen LogP contribution in [-0.2, 0) is 14.3 Å². The molecule has 1 amide bonds. The van der Waals surface area contributed by atoms with Crippen LogP contribution in [0, 0.1) is 0 Å². The van der Waals surface area contributed by atoms with Crippen molar-refractivity contribution in [2.24, 2.45) is 0 Å². The Labute approximate surface area is 115 Å². The Morgan fingerprint density at radius 1 is 1.11 bits per heavy atom. The summed E-state index contributed by atoms with van der Waals surface area (Å²) in [5, 5.41) is 0. The highest BCUT2D eigenvalue weighted by Gasteiger charge is 2.36. The summed E-state index contributed by atoms with van der Waals surface area (Å²) in [4.78, 5) is 25.3. The third-order valence-corrected chi connectivity index (χ3v) is 3.23. The molecular formula is C14H25NO4. The molecule has 1 atom stereocenters. The summed E-state index contributed by atoms with van der Waals surface area (Å²) >= 11 is 0. The maximum Gasteiger partial charge on any atom is 0.410 e. The van der Waals surface area contributed by atoms with Gasteiger partial charge in [0.15, 0.2) is 0 Å². The molecule has 110 valence electrons. The molecule has 0 N–H and O–H groups in total. The third-order valence-electron chi connectivity index (χ3n) is 3.23. The Bertz CT molecular complexity index is 265. The van der Waals surface area contributed by atoms with Gasteiger partial charge in [0.1, 0.15) is 6.04 Å². The molecular weight excluding hydrogens is 246 g/mol. The number of hydrogen-bond acceptors (Lipinski definition) is 4. The zero-order chi connectivity index (χ0) is 14.1. The predicted octanol–water partition coefficient (Wildman–Crippen LogP) is 2.73. The van der Waals surface area contributed by atoms with Crippen molar-refractivity contribution in [2.45, 2.75) is 58.4 Å². The van der Waals surface area contributed by atoms with Gasteiger partial charge < -0.3 is 9.47 Å². The van der Waals surface area contributed by atoms with Crippen molar-refractivity contribution in [1.82, 2.24) is 4.90 Å². The maximum absolute atomic E-state index is 11.9. The van der Waals surface area contributed by atoms with Gasteiger partial charge in [-0.3, -0.25) is 4.90 Å². The average Bonchev–Trinajstić information content (AvgIpc) is 2.88. The number of amides is 1. The molecule has 1 rings (SSSR count). The number of carbonyl (C=O) groups excluding carboxylic acids is 2. The van der Waals surface area contributed by atoms with E-state index in [1.165, 1.54) is 4.90 Å². The SMILES string of the molecule is CCCCOC(=O)C1CCCN1C(=O)OCCCC. The van der Waals surface area contributed by atoms with E-state index in [9.17, 15) is 9.59 Å². The number of esters is 1. The van der Waals surface area contributed by atoms with Gasteiger partial charge >= 0.3 is 12.1 Å². The first-order valence-corrected chi connectivity index (χ1v) is 7.30. The van der Waals surface area contributed by atoms with E-state index in [1.54, 1.807) is 0 Å². The zero-order valence-corrected chi connectivity index (χ0v) is 12.0. The molecule has 19 heavy (non-hydrogen) atoms. The monoisotopic (exact) mass is 271 g/mol. The van der Waals surface area contributed by atoms with E-state index in [2.05, 4.69) is 0 Å². The Balaban J connectivity index is 2.39. The van der Waals surface area contributed by atoms with Crippen molar-refractivity contribution >= 4 is 12.1 Å². The second kappa shape index (κ2) is 8.77. The number of unbranched alkanes of at least 4 members (excludes halogenated alkanes) is 2. The van der Waals surface area contributed by atoms with Crippen molar-refractivity contribution in [3.63, 3.8) is 0 Å². The van der Waals surface area contributed by atoms with Crippen LogP contribution in [0.2, 0.25) is 0 Å². The number of ether oxygens (including phenoxy) is 2. The van der Waals surface area contributed by atoms with Crippen LogP contribution in [0.5, 0.6) is 0 Å². The average molecular weight is 271 g/mol. The molecule has 1 heterocycles. The molecule has 0 bridgehead atoms.